The van der Waals surface area contributed by atoms with Crippen LogP contribution < -0.4 is 10.1 Å². The van der Waals surface area contributed by atoms with Crippen LogP contribution in [0.1, 0.15) is 29.1 Å². The van der Waals surface area contributed by atoms with Crippen LogP contribution >= 0.6 is 11.3 Å². The fourth-order valence-corrected chi connectivity index (χ4v) is 2.29. The van der Waals surface area contributed by atoms with Gasteiger partial charge in [-0.25, -0.2) is 0 Å². The Labute approximate surface area is 123 Å². The summed E-state index contributed by atoms with van der Waals surface area (Å²) in [4.78, 5) is 13.1. The van der Waals surface area contributed by atoms with Crippen molar-refractivity contribution in [1.29, 1.82) is 0 Å². The maximum absolute atomic E-state index is 12.0. The molecule has 4 heteroatoms. The molecule has 1 N–H and O–H groups in total. The molecule has 1 amide bonds. The van der Waals surface area contributed by atoms with Crippen LogP contribution in [0, 0.1) is 5.92 Å². The minimum Gasteiger partial charge on any atom is -0.488 e. The Balaban J connectivity index is 1.95. The zero-order valence-electron chi connectivity index (χ0n) is 11.8. The van der Waals surface area contributed by atoms with Crippen molar-refractivity contribution >= 4 is 17.2 Å². The van der Waals surface area contributed by atoms with Crippen LogP contribution in [-0.2, 0) is 6.61 Å². The van der Waals surface area contributed by atoms with E-state index in [1.165, 1.54) is 4.88 Å². The van der Waals surface area contributed by atoms with E-state index in [-0.39, 0.29) is 5.91 Å². The molecule has 0 atom stereocenters. The van der Waals surface area contributed by atoms with E-state index in [2.05, 4.69) is 19.2 Å². The normalized spacial score (nSPS) is 10.6. The molecular formula is C16H19NO2S. The predicted octanol–water partition coefficient (Wildman–Crippen LogP) is 3.71. The third kappa shape index (κ3) is 4.38. The van der Waals surface area contributed by atoms with Gasteiger partial charge in [-0.15, -0.1) is 11.3 Å². The van der Waals surface area contributed by atoms with Crippen molar-refractivity contribution in [3.05, 3.63) is 52.2 Å². The largest absolute Gasteiger partial charge is 0.488 e. The summed E-state index contributed by atoms with van der Waals surface area (Å²) >= 11 is 1.66. The lowest BCUT2D eigenvalue weighted by Crippen LogP contribution is -2.27. The second-order valence-corrected chi connectivity index (χ2v) is 6.03. The van der Waals surface area contributed by atoms with Gasteiger partial charge in [0.1, 0.15) is 12.4 Å². The first-order chi connectivity index (χ1) is 9.65. The fraction of sp³-hybridized carbons (Fsp3) is 0.312. The number of hydrogen-bond acceptors (Lipinski definition) is 3. The van der Waals surface area contributed by atoms with Gasteiger partial charge in [0, 0.05) is 17.0 Å². The average Bonchev–Trinajstić information content (AvgIpc) is 2.96. The van der Waals surface area contributed by atoms with E-state index < -0.39 is 0 Å². The molecule has 1 aromatic heterocycles. The summed E-state index contributed by atoms with van der Waals surface area (Å²) in [6.45, 7) is 5.36. The quantitative estimate of drug-likeness (QED) is 0.880. The molecule has 2 aromatic rings. The summed E-state index contributed by atoms with van der Waals surface area (Å²) in [6, 6.07) is 11.3. The Hall–Kier alpha value is -1.81. The summed E-state index contributed by atoms with van der Waals surface area (Å²) in [5.74, 6) is 1.10. The Morgan fingerprint density at radius 2 is 2.15 bits per heavy atom. The van der Waals surface area contributed by atoms with E-state index >= 15 is 0 Å². The van der Waals surface area contributed by atoms with Crippen LogP contribution in [-0.4, -0.2) is 12.5 Å². The van der Waals surface area contributed by atoms with Gasteiger partial charge in [0.15, 0.2) is 0 Å². The molecule has 0 aliphatic carbocycles. The second kappa shape index (κ2) is 7.10. The van der Waals surface area contributed by atoms with Gasteiger partial charge in [-0.2, -0.15) is 0 Å². The van der Waals surface area contributed by atoms with Crippen molar-refractivity contribution in [3.8, 4) is 5.75 Å². The summed E-state index contributed by atoms with van der Waals surface area (Å²) in [5, 5.41) is 4.93. The van der Waals surface area contributed by atoms with Gasteiger partial charge in [0.05, 0.1) is 0 Å². The molecule has 106 valence electrons. The van der Waals surface area contributed by atoms with Gasteiger partial charge in [-0.05, 0) is 35.6 Å². The van der Waals surface area contributed by atoms with E-state index in [0.717, 1.165) is 5.75 Å². The summed E-state index contributed by atoms with van der Waals surface area (Å²) in [5.41, 5.74) is 0.634. The van der Waals surface area contributed by atoms with Crippen LogP contribution in [0.2, 0.25) is 0 Å². The van der Waals surface area contributed by atoms with Crippen LogP contribution in [0.15, 0.2) is 41.8 Å². The Morgan fingerprint density at radius 3 is 2.85 bits per heavy atom. The van der Waals surface area contributed by atoms with E-state index in [4.69, 9.17) is 4.74 Å². The second-order valence-electron chi connectivity index (χ2n) is 5.00. The van der Waals surface area contributed by atoms with Gasteiger partial charge in [0.2, 0.25) is 0 Å². The van der Waals surface area contributed by atoms with Crippen molar-refractivity contribution in [2.45, 2.75) is 20.5 Å². The fourth-order valence-electron chi connectivity index (χ4n) is 1.68. The van der Waals surface area contributed by atoms with E-state index in [9.17, 15) is 4.79 Å². The number of ether oxygens (including phenoxy) is 1. The topological polar surface area (TPSA) is 38.3 Å². The van der Waals surface area contributed by atoms with Crippen molar-refractivity contribution in [3.63, 3.8) is 0 Å². The molecule has 0 radical (unpaired) electrons. The highest BCUT2D eigenvalue weighted by Gasteiger charge is 2.07. The number of thiophene rings is 1. The predicted molar refractivity (Wildman–Crippen MR) is 82.3 cm³/mol. The smallest absolute Gasteiger partial charge is 0.251 e. The van der Waals surface area contributed by atoms with Crippen molar-refractivity contribution < 1.29 is 9.53 Å². The molecule has 0 spiro atoms. The first-order valence-electron chi connectivity index (χ1n) is 6.68. The highest BCUT2D eigenvalue weighted by atomic mass is 32.1. The Bertz CT molecular complexity index is 549. The van der Waals surface area contributed by atoms with Crippen LogP contribution in [0.25, 0.3) is 0 Å². The lowest BCUT2D eigenvalue weighted by atomic mass is 10.2. The highest BCUT2D eigenvalue weighted by Crippen LogP contribution is 2.17. The maximum Gasteiger partial charge on any atom is 0.251 e. The number of nitrogens with one attached hydrogen (secondary N) is 1. The first-order valence-corrected chi connectivity index (χ1v) is 7.56. The molecule has 2 rings (SSSR count). The van der Waals surface area contributed by atoms with E-state index in [1.807, 2.05) is 29.6 Å². The van der Waals surface area contributed by atoms with Gasteiger partial charge in [-0.1, -0.05) is 26.0 Å². The SMILES string of the molecule is CC(C)CNC(=O)c1cccc(OCc2cccs2)c1. The van der Waals surface area contributed by atoms with Gasteiger partial charge in [0.25, 0.3) is 5.91 Å². The van der Waals surface area contributed by atoms with Gasteiger partial charge < -0.3 is 10.1 Å². The molecule has 0 fully saturated rings. The highest BCUT2D eigenvalue weighted by molar-refractivity contribution is 7.09. The van der Waals surface area contributed by atoms with Gasteiger partial charge in [-0.3, -0.25) is 4.79 Å². The first kappa shape index (κ1) is 14.6. The molecule has 0 unspecified atom stereocenters. The average molecular weight is 289 g/mol. The molecule has 1 heterocycles. The zero-order chi connectivity index (χ0) is 14.4. The monoisotopic (exact) mass is 289 g/mol. The summed E-state index contributed by atoms with van der Waals surface area (Å²) in [7, 11) is 0. The Morgan fingerprint density at radius 1 is 1.30 bits per heavy atom. The molecule has 20 heavy (non-hydrogen) atoms. The lowest BCUT2D eigenvalue weighted by Gasteiger charge is -2.09. The molecule has 0 saturated heterocycles. The number of benzene rings is 1. The molecule has 1 aromatic carbocycles. The number of carbonyl (C=O) groups is 1. The van der Waals surface area contributed by atoms with Crippen molar-refractivity contribution in [2.24, 2.45) is 5.92 Å². The molecular weight excluding hydrogens is 270 g/mol. The minimum absolute atomic E-state index is 0.0553. The summed E-state index contributed by atoms with van der Waals surface area (Å²) < 4.78 is 5.70. The molecule has 0 aliphatic heterocycles. The molecule has 0 bridgehead atoms. The maximum atomic E-state index is 12.0. The number of carbonyl (C=O) groups excluding carboxylic acids is 1. The number of rotatable bonds is 6. The summed E-state index contributed by atoms with van der Waals surface area (Å²) in [6.07, 6.45) is 0. The Kier molecular flexibility index (Phi) is 5.18. The number of amides is 1. The van der Waals surface area contributed by atoms with Crippen LogP contribution in [0.4, 0.5) is 0 Å². The third-order valence-corrected chi connectivity index (χ3v) is 3.58. The van der Waals surface area contributed by atoms with E-state index in [1.54, 1.807) is 23.5 Å². The van der Waals surface area contributed by atoms with Crippen LogP contribution in [0.3, 0.4) is 0 Å². The van der Waals surface area contributed by atoms with Crippen LogP contribution in [0.5, 0.6) is 5.75 Å². The molecule has 0 aliphatic rings. The van der Waals surface area contributed by atoms with Crippen molar-refractivity contribution in [2.75, 3.05) is 6.54 Å². The third-order valence-electron chi connectivity index (χ3n) is 2.73. The molecule has 0 saturated carbocycles. The standard InChI is InChI=1S/C16H19NO2S/c1-12(2)10-17-16(18)13-5-3-6-14(9-13)19-11-15-7-4-8-20-15/h3-9,12H,10-11H2,1-2H3,(H,17,18). The van der Waals surface area contributed by atoms with Gasteiger partial charge >= 0.3 is 0 Å². The van der Waals surface area contributed by atoms with Crippen molar-refractivity contribution in [1.82, 2.24) is 5.32 Å². The molecule has 3 nitrogen and oxygen atoms in total. The number of hydrogen-bond donors (Lipinski definition) is 1. The zero-order valence-corrected chi connectivity index (χ0v) is 12.6. The van der Waals surface area contributed by atoms with E-state index in [0.29, 0.717) is 24.6 Å². The minimum atomic E-state index is -0.0553. The lowest BCUT2D eigenvalue weighted by molar-refractivity contribution is 0.0948.